The summed E-state index contributed by atoms with van der Waals surface area (Å²) < 4.78 is 20.7. The van der Waals surface area contributed by atoms with Crippen LogP contribution in [0, 0.1) is 5.82 Å². The van der Waals surface area contributed by atoms with Crippen molar-refractivity contribution in [1.82, 2.24) is 0 Å². The second-order valence-corrected chi connectivity index (χ2v) is 7.29. The zero-order valence-electron chi connectivity index (χ0n) is 16.3. The van der Waals surface area contributed by atoms with Crippen molar-refractivity contribution in [1.29, 1.82) is 0 Å². The van der Waals surface area contributed by atoms with Crippen LogP contribution in [-0.4, -0.2) is 5.91 Å². The van der Waals surface area contributed by atoms with Crippen molar-refractivity contribution in [3.63, 3.8) is 0 Å². The van der Waals surface area contributed by atoms with E-state index in [0.29, 0.717) is 16.7 Å². The number of carbonyl (C=O) groups is 1. The zero-order chi connectivity index (χ0) is 20.8. The van der Waals surface area contributed by atoms with Gasteiger partial charge < -0.3 is 4.42 Å². The first kappa shape index (κ1) is 18.3. The Balaban J connectivity index is 1.81. The molecule has 0 aliphatic carbocycles. The average molecular weight is 399 g/mol. The van der Waals surface area contributed by atoms with E-state index in [4.69, 9.17) is 4.42 Å². The molecule has 5 heteroatoms. The molecule has 0 bridgehead atoms. The Hall–Kier alpha value is -3.73. The summed E-state index contributed by atoms with van der Waals surface area (Å²) in [4.78, 5) is 28.2. The van der Waals surface area contributed by atoms with Gasteiger partial charge in [0.2, 0.25) is 5.76 Å². The second kappa shape index (κ2) is 6.95. The molecule has 1 atom stereocenters. The fraction of sp³-hybridized carbons (Fsp3) is 0.120. The van der Waals surface area contributed by atoms with Gasteiger partial charge in [-0.25, -0.2) is 4.39 Å². The summed E-state index contributed by atoms with van der Waals surface area (Å²) in [5.74, 6) is -0.970. The summed E-state index contributed by atoms with van der Waals surface area (Å²) in [5, 5.41) is 0.369. The maximum Gasteiger partial charge on any atom is 0.295 e. The molecule has 0 saturated heterocycles. The monoisotopic (exact) mass is 399 g/mol. The summed E-state index contributed by atoms with van der Waals surface area (Å²) >= 11 is 0. The Labute approximate surface area is 172 Å². The lowest BCUT2D eigenvalue weighted by Crippen LogP contribution is -2.30. The van der Waals surface area contributed by atoms with Crippen LogP contribution in [0.5, 0.6) is 0 Å². The van der Waals surface area contributed by atoms with Gasteiger partial charge in [0.05, 0.1) is 17.0 Å². The molecule has 1 aliphatic rings. The van der Waals surface area contributed by atoms with Gasteiger partial charge in [0, 0.05) is 11.3 Å². The third-order valence-corrected chi connectivity index (χ3v) is 5.60. The van der Waals surface area contributed by atoms with Crippen LogP contribution in [0.2, 0.25) is 0 Å². The number of fused-ring (bicyclic) bond motifs is 2. The minimum Gasteiger partial charge on any atom is -0.450 e. The summed E-state index contributed by atoms with van der Waals surface area (Å²) in [6.07, 6.45) is 0.858. The van der Waals surface area contributed by atoms with E-state index in [1.54, 1.807) is 42.5 Å². The maximum absolute atomic E-state index is 14.8. The van der Waals surface area contributed by atoms with E-state index in [9.17, 15) is 14.0 Å². The highest BCUT2D eigenvalue weighted by molar-refractivity contribution is 6.10. The smallest absolute Gasteiger partial charge is 0.295 e. The lowest BCUT2D eigenvalue weighted by molar-refractivity contribution is 0.0971. The number of nitrogens with zero attached hydrogens (tertiary/aromatic N) is 1. The van der Waals surface area contributed by atoms with Gasteiger partial charge in [-0.1, -0.05) is 49.4 Å². The Morgan fingerprint density at radius 2 is 1.63 bits per heavy atom. The van der Waals surface area contributed by atoms with Gasteiger partial charge in [0.15, 0.2) is 5.43 Å². The number of anilines is 1. The van der Waals surface area contributed by atoms with Crippen LogP contribution in [0.1, 0.15) is 40.2 Å². The van der Waals surface area contributed by atoms with E-state index in [0.717, 1.165) is 12.0 Å². The fourth-order valence-corrected chi connectivity index (χ4v) is 4.07. The summed E-state index contributed by atoms with van der Waals surface area (Å²) in [6, 6.07) is 19.6. The van der Waals surface area contributed by atoms with Crippen LogP contribution in [0.3, 0.4) is 0 Å². The van der Waals surface area contributed by atoms with Crippen LogP contribution >= 0.6 is 0 Å². The number of para-hydroxylation sites is 1. The molecule has 1 unspecified atom stereocenters. The lowest BCUT2D eigenvalue weighted by Gasteiger charge is -2.25. The Kier molecular flexibility index (Phi) is 4.24. The number of amides is 1. The SMILES string of the molecule is CCc1ccc(N2C(=O)c3oc4ccccc4c(=O)c3C2c2ccccc2F)cc1. The molecule has 1 amide bonds. The van der Waals surface area contributed by atoms with Crippen molar-refractivity contribution in [3.05, 3.63) is 111 Å². The predicted octanol–water partition coefficient (Wildman–Crippen LogP) is 5.24. The van der Waals surface area contributed by atoms with Crippen LogP contribution in [0.15, 0.2) is 82.0 Å². The number of benzene rings is 3. The molecule has 148 valence electrons. The standard InChI is InChI=1S/C25H18FNO3/c1-2-15-11-13-16(14-12-15)27-22(17-7-3-5-9-19(17)26)21-23(28)18-8-4-6-10-20(18)30-24(21)25(27)29/h3-14,22H,2H2,1H3. The van der Waals surface area contributed by atoms with Crippen molar-refractivity contribution < 1.29 is 13.6 Å². The van der Waals surface area contributed by atoms with Crippen LogP contribution in [0.25, 0.3) is 11.0 Å². The number of rotatable bonds is 3. The molecule has 2 heterocycles. The van der Waals surface area contributed by atoms with Gasteiger partial charge in [0.1, 0.15) is 11.4 Å². The van der Waals surface area contributed by atoms with E-state index < -0.39 is 17.8 Å². The summed E-state index contributed by atoms with van der Waals surface area (Å²) in [6.45, 7) is 2.04. The number of carbonyl (C=O) groups excluding carboxylic acids is 1. The van der Waals surface area contributed by atoms with Gasteiger partial charge in [-0.2, -0.15) is 0 Å². The number of halogens is 1. The van der Waals surface area contributed by atoms with Crippen molar-refractivity contribution in [3.8, 4) is 0 Å². The second-order valence-electron chi connectivity index (χ2n) is 7.29. The first-order valence-electron chi connectivity index (χ1n) is 9.82. The van der Waals surface area contributed by atoms with Gasteiger partial charge in [-0.3, -0.25) is 14.5 Å². The Morgan fingerprint density at radius 3 is 2.37 bits per heavy atom. The van der Waals surface area contributed by atoms with Gasteiger partial charge in [-0.15, -0.1) is 0 Å². The van der Waals surface area contributed by atoms with Gasteiger partial charge in [0.25, 0.3) is 5.91 Å². The van der Waals surface area contributed by atoms with Crippen LogP contribution in [0.4, 0.5) is 10.1 Å². The van der Waals surface area contributed by atoms with Gasteiger partial charge >= 0.3 is 0 Å². The third kappa shape index (κ3) is 2.66. The van der Waals surface area contributed by atoms with Crippen molar-refractivity contribution in [2.24, 2.45) is 0 Å². The molecule has 0 N–H and O–H groups in total. The van der Waals surface area contributed by atoms with E-state index in [1.165, 1.54) is 11.0 Å². The summed E-state index contributed by atoms with van der Waals surface area (Å²) in [5.41, 5.74) is 2.15. The average Bonchev–Trinajstić information content (AvgIpc) is 3.07. The summed E-state index contributed by atoms with van der Waals surface area (Å²) in [7, 11) is 0. The number of aryl methyl sites for hydroxylation is 1. The highest BCUT2D eigenvalue weighted by Crippen LogP contribution is 2.41. The molecule has 0 fully saturated rings. The van der Waals surface area contributed by atoms with E-state index >= 15 is 0 Å². The molecule has 4 aromatic rings. The quantitative estimate of drug-likeness (QED) is 0.473. The molecular weight excluding hydrogens is 381 g/mol. The molecule has 4 nitrogen and oxygen atoms in total. The normalized spacial score (nSPS) is 15.6. The fourth-order valence-electron chi connectivity index (χ4n) is 4.07. The van der Waals surface area contributed by atoms with Crippen LogP contribution in [-0.2, 0) is 6.42 Å². The largest absolute Gasteiger partial charge is 0.450 e. The van der Waals surface area contributed by atoms with Crippen molar-refractivity contribution >= 4 is 22.6 Å². The van der Waals surface area contributed by atoms with E-state index in [1.807, 2.05) is 31.2 Å². The molecule has 0 radical (unpaired) electrons. The first-order valence-corrected chi connectivity index (χ1v) is 9.82. The lowest BCUT2D eigenvalue weighted by atomic mass is 9.97. The minimum absolute atomic E-state index is 0.0356. The topological polar surface area (TPSA) is 50.5 Å². The molecule has 1 aromatic heterocycles. The first-order chi connectivity index (χ1) is 14.6. The van der Waals surface area contributed by atoms with Gasteiger partial charge in [-0.05, 0) is 42.3 Å². The molecule has 1 aliphatic heterocycles. The highest BCUT2D eigenvalue weighted by atomic mass is 19.1. The van der Waals surface area contributed by atoms with E-state index in [2.05, 4.69) is 0 Å². The Morgan fingerprint density at radius 1 is 0.933 bits per heavy atom. The molecule has 5 rings (SSSR count). The van der Waals surface area contributed by atoms with Crippen LogP contribution < -0.4 is 10.3 Å². The Bertz CT molecular complexity index is 1340. The predicted molar refractivity (Wildman–Crippen MR) is 113 cm³/mol. The van der Waals surface area contributed by atoms with Crippen molar-refractivity contribution in [2.45, 2.75) is 19.4 Å². The molecule has 30 heavy (non-hydrogen) atoms. The number of hydrogen-bond donors (Lipinski definition) is 0. The third-order valence-electron chi connectivity index (χ3n) is 5.60. The molecule has 0 spiro atoms. The molecule has 3 aromatic carbocycles. The number of hydrogen-bond acceptors (Lipinski definition) is 3. The maximum atomic E-state index is 14.8. The minimum atomic E-state index is -0.901. The zero-order valence-corrected chi connectivity index (χ0v) is 16.3. The molecule has 0 saturated carbocycles. The van der Waals surface area contributed by atoms with E-state index in [-0.39, 0.29) is 22.3 Å². The van der Waals surface area contributed by atoms with Crippen molar-refractivity contribution in [2.75, 3.05) is 4.90 Å². The molecular formula is C25H18FNO3. The highest BCUT2D eigenvalue weighted by Gasteiger charge is 2.44.